The molecule has 0 aromatic rings. The molecular weight excluding hydrogens is 242 g/mol. The van der Waals surface area contributed by atoms with Gasteiger partial charge in [0.15, 0.2) is 0 Å². The fourth-order valence-electron chi connectivity index (χ4n) is 3.13. The third kappa shape index (κ3) is 3.69. The van der Waals surface area contributed by atoms with E-state index in [1.807, 2.05) is 4.90 Å². The van der Waals surface area contributed by atoms with E-state index in [2.05, 4.69) is 12.2 Å². The number of nitrogens with two attached hydrogens (primary N) is 1. The first-order valence-corrected chi connectivity index (χ1v) is 7.40. The normalized spacial score (nSPS) is 31.4. The van der Waals surface area contributed by atoms with E-state index in [1.54, 1.807) is 0 Å². The molecular formula is C14H25N3O2. The van der Waals surface area contributed by atoms with Crippen LogP contribution in [0.4, 0.5) is 0 Å². The molecule has 0 spiro atoms. The lowest BCUT2D eigenvalue weighted by atomic mass is 9.92. The number of rotatable bonds is 4. The molecule has 2 saturated heterocycles. The van der Waals surface area contributed by atoms with Crippen molar-refractivity contribution >= 4 is 11.8 Å². The van der Waals surface area contributed by atoms with E-state index in [0.717, 1.165) is 25.8 Å². The highest BCUT2D eigenvalue weighted by Gasteiger charge is 2.31. The predicted molar refractivity (Wildman–Crippen MR) is 73.4 cm³/mol. The van der Waals surface area contributed by atoms with Crippen molar-refractivity contribution in [1.82, 2.24) is 10.2 Å². The number of hydrogen-bond donors (Lipinski definition) is 2. The molecule has 5 nitrogen and oxygen atoms in total. The summed E-state index contributed by atoms with van der Waals surface area (Å²) in [6, 6.07) is 0.732. The summed E-state index contributed by atoms with van der Waals surface area (Å²) in [6.45, 7) is 3.64. The van der Waals surface area contributed by atoms with E-state index >= 15 is 0 Å². The molecule has 108 valence electrons. The minimum Gasteiger partial charge on any atom is -0.369 e. The lowest BCUT2D eigenvalue weighted by molar-refractivity contribution is -0.137. The van der Waals surface area contributed by atoms with Gasteiger partial charge in [-0.3, -0.25) is 9.59 Å². The predicted octanol–water partition coefficient (Wildman–Crippen LogP) is 0.631. The quantitative estimate of drug-likeness (QED) is 0.784. The number of nitrogens with zero attached hydrogens (tertiary/aromatic N) is 1. The SMILES string of the molecule is CC1CCC(C(N)=O)CN1C(=O)CCC1CCCN1. The number of carbonyl (C=O) groups excluding carboxylic acids is 2. The summed E-state index contributed by atoms with van der Waals surface area (Å²) in [5.74, 6) is -0.265. The van der Waals surface area contributed by atoms with Crippen molar-refractivity contribution in [3.05, 3.63) is 0 Å². The number of likely N-dealkylation sites (tertiary alicyclic amines) is 1. The molecule has 0 aromatic heterocycles. The highest BCUT2D eigenvalue weighted by atomic mass is 16.2. The van der Waals surface area contributed by atoms with Gasteiger partial charge in [-0.25, -0.2) is 0 Å². The number of amides is 2. The first kappa shape index (κ1) is 14.3. The van der Waals surface area contributed by atoms with Gasteiger partial charge in [-0.2, -0.15) is 0 Å². The van der Waals surface area contributed by atoms with E-state index in [-0.39, 0.29) is 23.8 Å². The molecule has 2 rings (SSSR count). The van der Waals surface area contributed by atoms with Gasteiger partial charge in [0.1, 0.15) is 0 Å². The average Bonchev–Trinajstić information content (AvgIpc) is 2.89. The van der Waals surface area contributed by atoms with Crippen molar-refractivity contribution in [2.24, 2.45) is 11.7 Å². The van der Waals surface area contributed by atoms with Crippen molar-refractivity contribution in [3.63, 3.8) is 0 Å². The number of carbonyl (C=O) groups is 2. The molecule has 3 N–H and O–H groups in total. The Kier molecular flexibility index (Phi) is 4.80. The third-order valence-corrected chi connectivity index (χ3v) is 4.47. The Morgan fingerprint density at radius 1 is 1.32 bits per heavy atom. The summed E-state index contributed by atoms with van der Waals surface area (Å²) in [6.07, 6.45) is 5.55. The van der Waals surface area contributed by atoms with Crippen LogP contribution in [0.3, 0.4) is 0 Å². The number of primary amides is 1. The molecule has 5 heteroatoms. The van der Waals surface area contributed by atoms with Crippen LogP contribution in [0.5, 0.6) is 0 Å². The maximum Gasteiger partial charge on any atom is 0.222 e. The van der Waals surface area contributed by atoms with Gasteiger partial charge in [0.25, 0.3) is 0 Å². The van der Waals surface area contributed by atoms with Crippen molar-refractivity contribution < 1.29 is 9.59 Å². The molecule has 2 heterocycles. The first-order valence-electron chi connectivity index (χ1n) is 7.40. The van der Waals surface area contributed by atoms with Crippen LogP contribution in [0, 0.1) is 5.92 Å². The van der Waals surface area contributed by atoms with Gasteiger partial charge in [-0.15, -0.1) is 0 Å². The molecule has 3 atom stereocenters. The van der Waals surface area contributed by atoms with Crippen LogP contribution in [0.15, 0.2) is 0 Å². The summed E-state index contributed by atoms with van der Waals surface area (Å²) >= 11 is 0. The Labute approximate surface area is 114 Å². The summed E-state index contributed by atoms with van der Waals surface area (Å²) < 4.78 is 0. The molecule has 19 heavy (non-hydrogen) atoms. The summed E-state index contributed by atoms with van der Waals surface area (Å²) in [7, 11) is 0. The highest BCUT2D eigenvalue weighted by molar-refractivity contribution is 5.80. The Morgan fingerprint density at radius 2 is 2.11 bits per heavy atom. The molecule has 0 radical (unpaired) electrons. The molecule has 2 aliphatic heterocycles. The van der Waals surface area contributed by atoms with Gasteiger partial charge in [0.2, 0.25) is 11.8 Å². The Bertz CT molecular complexity index is 340. The smallest absolute Gasteiger partial charge is 0.222 e. The van der Waals surface area contributed by atoms with Crippen LogP contribution in [-0.4, -0.2) is 41.9 Å². The van der Waals surface area contributed by atoms with E-state index in [4.69, 9.17) is 5.73 Å². The minimum atomic E-state index is -0.276. The zero-order valence-electron chi connectivity index (χ0n) is 11.7. The van der Waals surface area contributed by atoms with Crippen LogP contribution >= 0.6 is 0 Å². The van der Waals surface area contributed by atoms with Gasteiger partial charge >= 0.3 is 0 Å². The lowest BCUT2D eigenvalue weighted by Gasteiger charge is -2.37. The Balaban J connectivity index is 1.83. The first-order chi connectivity index (χ1) is 9.08. The second-order valence-electron chi connectivity index (χ2n) is 5.90. The van der Waals surface area contributed by atoms with Crippen molar-refractivity contribution in [3.8, 4) is 0 Å². The number of hydrogen-bond acceptors (Lipinski definition) is 3. The van der Waals surface area contributed by atoms with Crippen LogP contribution in [0.2, 0.25) is 0 Å². The zero-order chi connectivity index (χ0) is 13.8. The molecule has 0 aromatic carbocycles. The van der Waals surface area contributed by atoms with Gasteiger partial charge < -0.3 is 16.0 Å². The molecule has 2 aliphatic rings. The minimum absolute atomic E-state index is 0.162. The molecule has 0 saturated carbocycles. The molecule has 3 unspecified atom stereocenters. The lowest BCUT2D eigenvalue weighted by Crippen LogP contribution is -2.48. The Hall–Kier alpha value is -1.10. The van der Waals surface area contributed by atoms with Gasteiger partial charge in [0.05, 0.1) is 5.92 Å². The maximum absolute atomic E-state index is 12.3. The Morgan fingerprint density at radius 3 is 2.74 bits per heavy atom. The second kappa shape index (κ2) is 6.37. The maximum atomic E-state index is 12.3. The molecule has 0 bridgehead atoms. The van der Waals surface area contributed by atoms with Crippen LogP contribution in [0.25, 0.3) is 0 Å². The number of nitrogens with one attached hydrogen (secondary N) is 1. The van der Waals surface area contributed by atoms with E-state index < -0.39 is 0 Å². The summed E-state index contributed by atoms with van der Waals surface area (Å²) in [4.78, 5) is 25.4. The second-order valence-corrected chi connectivity index (χ2v) is 5.90. The van der Waals surface area contributed by atoms with Crippen molar-refractivity contribution in [2.75, 3.05) is 13.1 Å². The van der Waals surface area contributed by atoms with Gasteiger partial charge in [-0.1, -0.05) is 0 Å². The van der Waals surface area contributed by atoms with Crippen LogP contribution in [0.1, 0.15) is 45.4 Å². The molecule has 2 fully saturated rings. The van der Waals surface area contributed by atoms with Gasteiger partial charge in [-0.05, 0) is 45.6 Å². The highest BCUT2D eigenvalue weighted by Crippen LogP contribution is 2.23. The average molecular weight is 267 g/mol. The summed E-state index contributed by atoms with van der Waals surface area (Å²) in [5.41, 5.74) is 5.36. The zero-order valence-corrected chi connectivity index (χ0v) is 11.7. The molecule has 2 amide bonds. The van der Waals surface area contributed by atoms with Crippen LogP contribution < -0.4 is 11.1 Å². The summed E-state index contributed by atoms with van der Waals surface area (Å²) in [5, 5.41) is 3.41. The standard InChI is InChI=1S/C14H25N3O2/c1-10-4-5-11(14(15)19)9-17(10)13(18)7-6-12-3-2-8-16-12/h10-12,16H,2-9H2,1H3,(H2,15,19). The molecule has 0 aliphatic carbocycles. The van der Waals surface area contributed by atoms with Crippen LogP contribution in [-0.2, 0) is 9.59 Å². The fraction of sp³-hybridized carbons (Fsp3) is 0.857. The van der Waals surface area contributed by atoms with Crippen molar-refractivity contribution in [1.29, 1.82) is 0 Å². The van der Waals surface area contributed by atoms with E-state index in [9.17, 15) is 9.59 Å². The fourth-order valence-corrected chi connectivity index (χ4v) is 3.13. The monoisotopic (exact) mass is 267 g/mol. The van der Waals surface area contributed by atoms with E-state index in [0.29, 0.717) is 19.0 Å². The number of piperidine rings is 1. The topological polar surface area (TPSA) is 75.4 Å². The van der Waals surface area contributed by atoms with Gasteiger partial charge in [0, 0.05) is 25.0 Å². The third-order valence-electron chi connectivity index (χ3n) is 4.47. The van der Waals surface area contributed by atoms with E-state index in [1.165, 1.54) is 12.8 Å². The largest absolute Gasteiger partial charge is 0.369 e. The van der Waals surface area contributed by atoms with Crippen molar-refractivity contribution in [2.45, 2.75) is 57.5 Å².